The Labute approximate surface area is 272 Å². The van der Waals surface area contributed by atoms with Gasteiger partial charge in [0.2, 0.25) is 0 Å². The molecule has 9 aromatic rings. The van der Waals surface area contributed by atoms with E-state index in [-0.39, 0.29) is 5.41 Å². The average molecular weight is 603 g/mol. The van der Waals surface area contributed by atoms with Gasteiger partial charge in [0.1, 0.15) is 0 Å². The van der Waals surface area contributed by atoms with Gasteiger partial charge in [0.05, 0.1) is 0 Å². The summed E-state index contributed by atoms with van der Waals surface area (Å²) >= 11 is 1.90. The van der Waals surface area contributed by atoms with E-state index in [4.69, 9.17) is 0 Å². The van der Waals surface area contributed by atoms with Crippen molar-refractivity contribution in [2.24, 2.45) is 0 Å². The summed E-state index contributed by atoms with van der Waals surface area (Å²) in [5.74, 6) is 0. The predicted octanol–water partition coefficient (Wildman–Crippen LogP) is 13.2. The van der Waals surface area contributed by atoms with E-state index in [0.29, 0.717) is 0 Å². The third-order valence-corrected chi connectivity index (χ3v) is 11.6. The van der Waals surface area contributed by atoms with Crippen LogP contribution in [0.25, 0.3) is 85.9 Å². The standard InChI is InChI=1S/C45H30S/c1-45(2)38-23-21-28-24-37-30-14-10-11-19-40(30)46-41(37)26-36(28)44(38)35-22-20-29(25-39(35)45)43-33-17-8-6-15-31(33)42(27-12-4-3-5-13-27)32-16-7-9-18-34(32)43/h3-26H,1-2H3. The number of hydrogen-bond acceptors (Lipinski definition) is 1. The third-order valence-electron chi connectivity index (χ3n) is 10.4. The van der Waals surface area contributed by atoms with Crippen LogP contribution >= 0.6 is 11.3 Å². The maximum atomic E-state index is 2.50. The molecule has 0 saturated carbocycles. The summed E-state index contributed by atoms with van der Waals surface area (Å²) in [5.41, 5.74) is 10.6. The normalized spacial score (nSPS) is 13.6. The minimum absolute atomic E-state index is 0.112. The van der Waals surface area contributed by atoms with Gasteiger partial charge < -0.3 is 0 Å². The van der Waals surface area contributed by atoms with E-state index in [1.165, 1.54) is 97.0 Å². The lowest BCUT2D eigenvalue weighted by molar-refractivity contribution is 0.661. The molecule has 0 bridgehead atoms. The first-order valence-corrected chi connectivity index (χ1v) is 16.9. The van der Waals surface area contributed by atoms with Gasteiger partial charge in [-0.1, -0.05) is 135 Å². The van der Waals surface area contributed by atoms with Gasteiger partial charge in [0.25, 0.3) is 0 Å². The van der Waals surface area contributed by atoms with E-state index in [1.807, 2.05) is 11.3 Å². The molecule has 216 valence electrons. The van der Waals surface area contributed by atoms with Crippen LogP contribution in [-0.4, -0.2) is 0 Å². The molecule has 1 aliphatic rings. The summed E-state index contributed by atoms with van der Waals surface area (Å²) in [7, 11) is 0. The fourth-order valence-corrected chi connectivity index (χ4v) is 9.42. The van der Waals surface area contributed by atoms with Crippen LogP contribution in [0.2, 0.25) is 0 Å². The quantitative estimate of drug-likeness (QED) is 0.173. The Morgan fingerprint density at radius 1 is 0.391 bits per heavy atom. The smallest absolute Gasteiger partial charge is 0.0362 e. The molecule has 0 spiro atoms. The van der Waals surface area contributed by atoms with E-state index in [0.717, 1.165) is 0 Å². The number of benzene rings is 8. The molecule has 0 unspecified atom stereocenters. The van der Waals surface area contributed by atoms with E-state index < -0.39 is 0 Å². The van der Waals surface area contributed by atoms with Crippen LogP contribution in [0.5, 0.6) is 0 Å². The summed E-state index contributed by atoms with van der Waals surface area (Å²) in [6.45, 7) is 4.81. The maximum Gasteiger partial charge on any atom is 0.0362 e. The van der Waals surface area contributed by atoms with Gasteiger partial charge in [-0.25, -0.2) is 0 Å². The molecule has 0 fully saturated rings. The molecular formula is C45H30S. The van der Waals surface area contributed by atoms with E-state index in [1.54, 1.807) is 0 Å². The summed E-state index contributed by atoms with van der Waals surface area (Å²) in [6, 6.07) is 54.4. The molecule has 0 saturated heterocycles. The minimum atomic E-state index is -0.112. The Balaban J connectivity index is 1.24. The second kappa shape index (κ2) is 9.39. The Hall–Kier alpha value is -5.24. The lowest BCUT2D eigenvalue weighted by atomic mass is 9.80. The zero-order valence-corrected chi connectivity index (χ0v) is 26.6. The van der Waals surface area contributed by atoms with Crippen LogP contribution in [0.15, 0.2) is 146 Å². The van der Waals surface area contributed by atoms with Crippen LogP contribution in [0.4, 0.5) is 0 Å². The van der Waals surface area contributed by atoms with Crippen LogP contribution in [0, 0.1) is 0 Å². The van der Waals surface area contributed by atoms with Crippen molar-refractivity contribution in [3.63, 3.8) is 0 Å². The molecule has 0 atom stereocenters. The van der Waals surface area contributed by atoms with Crippen LogP contribution in [-0.2, 0) is 5.41 Å². The first-order chi connectivity index (χ1) is 22.6. The molecule has 10 rings (SSSR count). The zero-order chi connectivity index (χ0) is 30.6. The van der Waals surface area contributed by atoms with E-state index >= 15 is 0 Å². The second-order valence-electron chi connectivity index (χ2n) is 13.2. The second-order valence-corrected chi connectivity index (χ2v) is 14.3. The molecule has 0 amide bonds. The van der Waals surface area contributed by atoms with Gasteiger partial charge in [0.15, 0.2) is 0 Å². The highest BCUT2D eigenvalue weighted by Gasteiger charge is 2.37. The lowest BCUT2D eigenvalue weighted by Crippen LogP contribution is -2.15. The molecule has 1 aromatic heterocycles. The monoisotopic (exact) mass is 602 g/mol. The molecule has 0 radical (unpaired) electrons. The van der Waals surface area contributed by atoms with Crippen molar-refractivity contribution in [1.29, 1.82) is 0 Å². The van der Waals surface area contributed by atoms with Gasteiger partial charge in [-0.05, 0) is 101 Å². The van der Waals surface area contributed by atoms with Crippen molar-refractivity contribution in [3.05, 3.63) is 157 Å². The van der Waals surface area contributed by atoms with Crippen LogP contribution in [0.1, 0.15) is 25.0 Å². The average Bonchev–Trinajstić information content (AvgIpc) is 3.57. The Morgan fingerprint density at radius 3 is 1.70 bits per heavy atom. The Kier molecular flexibility index (Phi) is 5.31. The highest BCUT2D eigenvalue weighted by molar-refractivity contribution is 7.25. The number of hydrogen-bond donors (Lipinski definition) is 0. The topological polar surface area (TPSA) is 0 Å². The van der Waals surface area contributed by atoms with Gasteiger partial charge in [0, 0.05) is 25.6 Å². The largest absolute Gasteiger partial charge is 0.135 e. The number of fused-ring (bicyclic) bond motifs is 10. The molecule has 0 nitrogen and oxygen atoms in total. The van der Waals surface area contributed by atoms with Crippen molar-refractivity contribution in [3.8, 4) is 33.4 Å². The fourth-order valence-electron chi connectivity index (χ4n) is 8.29. The molecule has 8 aromatic carbocycles. The van der Waals surface area contributed by atoms with E-state index in [2.05, 4.69) is 159 Å². The molecule has 1 heterocycles. The molecule has 1 heteroatoms. The fraction of sp³-hybridized carbons (Fsp3) is 0.0667. The first-order valence-electron chi connectivity index (χ1n) is 16.1. The van der Waals surface area contributed by atoms with Crippen molar-refractivity contribution >= 4 is 63.8 Å². The minimum Gasteiger partial charge on any atom is -0.135 e. The molecule has 1 aliphatic carbocycles. The summed E-state index contributed by atoms with van der Waals surface area (Å²) in [5, 5.41) is 10.6. The van der Waals surface area contributed by atoms with E-state index in [9.17, 15) is 0 Å². The lowest BCUT2D eigenvalue weighted by Gasteiger charge is -2.23. The number of thiophene rings is 1. The number of rotatable bonds is 2. The van der Waals surface area contributed by atoms with Crippen molar-refractivity contribution < 1.29 is 0 Å². The van der Waals surface area contributed by atoms with Crippen LogP contribution < -0.4 is 0 Å². The van der Waals surface area contributed by atoms with Crippen molar-refractivity contribution in [1.82, 2.24) is 0 Å². The van der Waals surface area contributed by atoms with Crippen molar-refractivity contribution in [2.45, 2.75) is 19.3 Å². The summed E-state index contributed by atoms with van der Waals surface area (Å²) in [6.07, 6.45) is 0. The Morgan fingerprint density at radius 2 is 1.00 bits per heavy atom. The molecule has 0 N–H and O–H groups in total. The third kappa shape index (κ3) is 3.49. The maximum absolute atomic E-state index is 2.50. The van der Waals surface area contributed by atoms with Gasteiger partial charge in [-0.2, -0.15) is 0 Å². The first kappa shape index (κ1) is 26.0. The SMILES string of the molecule is CC1(C)c2cc(-c3c4ccccc4c(-c4ccccc4)c4ccccc34)ccc2-c2c1ccc1cc3c(cc21)sc1ccccc13. The summed E-state index contributed by atoms with van der Waals surface area (Å²) < 4.78 is 2.72. The van der Waals surface area contributed by atoms with Gasteiger partial charge in [-0.15, -0.1) is 11.3 Å². The highest BCUT2D eigenvalue weighted by atomic mass is 32.1. The van der Waals surface area contributed by atoms with Gasteiger partial charge in [-0.3, -0.25) is 0 Å². The Bertz CT molecular complexity index is 2650. The van der Waals surface area contributed by atoms with Gasteiger partial charge >= 0.3 is 0 Å². The highest BCUT2D eigenvalue weighted by Crippen LogP contribution is 2.54. The predicted molar refractivity (Wildman–Crippen MR) is 200 cm³/mol. The van der Waals surface area contributed by atoms with Crippen LogP contribution in [0.3, 0.4) is 0 Å². The van der Waals surface area contributed by atoms with Crippen molar-refractivity contribution in [2.75, 3.05) is 0 Å². The molecular weight excluding hydrogens is 573 g/mol. The zero-order valence-electron chi connectivity index (χ0n) is 25.8. The summed E-state index contributed by atoms with van der Waals surface area (Å²) in [4.78, 5) is 0. The molecule has 0 aliphatic heterocycles. The molecule has 46 heavy (non-hydrogen) atoms.